The lowest BCUT2D eigenvalue weighted by Crippen LogP contribution is -2.51. The molecular formula is C16H26N2O. The molecule has 1 aromatic carbocycles. The SMILES string of the molecule is CCC(N(N)C(=O)c1cc(C)cc(C)c1)C(C)(C)C. The fraction of sp³-hybridized carbons (Fsp3) is 0.562. The van der Waals surface area contributed by atoms with Gasteiger partial charge in [-0.3, -0.25) is 9.80 Å². The van der Waals surface area contributed by atoms with E-state index in [0.29, 0.717) is 5.56 Å². The second-order valence-corrected chi connectivity index (χ2v) is 6.38. The molecule has 1 unspecified atom stereocenters. The lowest BCUT2D eigenvalue weighted by molar-refractivity contribution is 0.0505. The number of hydrazine groups is 1. The predicted octanol–water partition coefficient (Wildman–Crippen LogP) is 3.44. The first kappa shape index (κ1) is 15.7. The quantitative estimate of drug-likeness (QED) is 0.515. The fourth-order valence-corrected chi connectivity index (χ4v) is 2.62. The van der Waals surface area contributed by atoms with Gasteiger partial charge in [-0.1, -0.05) is 44.9 Å². The zero-order valence-electron chi connectivity index (χ0n) is 12.9. The third-order valence-corrected chi connectivity index (χ3v) is 3.43. The first-order chi connectivity index (χ1) is 8.66. The summed E-state index contributed by atoms with van der Waals surface area (Å²) in [5.41, 5.74) is 2.81. The molecule has 0 aromatic heterocycles. The summed E-state index contributed by atoms with van der Waals surface area (Å²) in [5.74, 6) is 5.97. The molecule has 0 aliphatic heterocycles. The van der Waals surface area contributed by atoms with E-state index in [0.717, 1.165) is 17.5 Å². The van der Waals surface area contributed by atoms with Crippen LogP contribution < -0.4 is 5.84 Å². The molecular weight excluding hydrogens is 236 g/mol. The van der Waals surface area contributed by atoms with Gasteiger partial charge in [-0.05, 0) is 37.8 Å². The highest BCUT2D eigenvalue weighted by Crippen LogP contribution is 2.26. The van der Waals surface area contributed by atoms with Crippen LogP contribution in [0.15, 0.2) is 18.2 Å². The van der Waals surface area contributed by atoms with Gasteiger partial charge in [0.2, 0.25) is 0 Å². The minimum absolute atomic E-state index is 0.0285. The summed E-state index contributed by atoms with van der Waals surface area (Å²) in [5, 5.41) is 1.40. The summed E-state index contributed by atoms with van der Waals surface area (Å²) in [7, 11) is 0. The highest BCUT2D eigenvalue weighted by Gasteiger charge is 2.30. The van der Waals surface area contributed by atoms with Crippen LogP contribution in [0, 0.1) is 19.3 Å². The van der Waals surface area contributed by atoms with Crippen molar-refractivity contribution in [2.24, 2.45) is 11.3 Å². The van der Waals surface area contributed by atoms with Crippen molar-refractivity contribution < 1.29 is 4.79 Å². The Bertz CT molecular complexity index is 440. The number of carbonyl (C=O) groups is 1. The molecule has 2 N–H and O–H groups in total. The van der Waals surface area contributed by atoms with Gasteiger partial charge in [0.05, 0.1) is 6.04 Å². The van der Waals surface area contributed by atoms with Crippen LogP contribution in [0.5, 0.6) is 0 Å². The number of carbonyl (C=O) groups excluding carboxylic acids is 1. The molecule has 1 rings (SSSR count). The second kappa shape index (κ2) is 5.74. The van der Waals surface area contributed by atoms with E-state index >= 15 is 0 Å². The van der Waals surface area contributed by atoms with Crippen molar-refractivity contribution in [1.82, 2.24) is 5.01 Å². The molecule has 0 radical (unpaired) electrons. The number of benzene rings is 1. The van der Waals surface area contributed by atoms with Crippen molar-refractivity contribution in [3.05, 3.63) is 34.9 Å². The Morgan fingerprint density at radius 1 is 1.21 bits per heavy atom. The normalized spacial score (nSPS) is 13.2. The van der Waals surface area contributed by atoms with Crippen molar-refractivity contribution in [3.63, 3.8) is 0 Å². The number of nitrogens with two attached hydrogens (primary N) is 1. The molecule has 0 saturated heterocycles. The standard InChI is InChI=1S/C16H26N2O/c1-7-14(16(4,5)6)18(17)15(19)13-9-11(2)8-12(3)10-13/h8-10,14H,7,17H2,1-6H3. The Morgan fingerprint density at radius 3 is 2.05 bits per heavy atom. The van der Waals surface area contributed by atoms with Gasteiger partial charge >= 0.3 is 0 Å². The Labute approximate surface area is 116 Å². The maximum atomic E-state index is 12.5. The van der Waals surface area contributed by atoms with Crippen molar-refractivity contribution in [1.29, 1.82) is 0 Å². The molecule has 1 amide bonds. The zero-order valence-corrected chi connectivity index (χ0v) is 12.9. The fourth-order valence-electron chi connectivity index (χ4n) is 2.62. The topological polar surface area (TPSA) is 46.3 Å². The maximum absolute atomic E-state index is 12.5. The minimum Gasteiger partial charge on any atom is -0.273 e. The highest BCUT2D eigenvalue weighted by molar-refractivity contribution is 5.94. The third kappa shape index (κ3) is 3.80. The van der Waals surface area contributed by atoms with E-state index in [-0.39, 0.29) is 17.4 Å². The van der Waals surface area contributed by atoms with E-state index in [4.69, 9.17) is 5.84 Å². The van der Waals surface area contributed by atoms with E-state index in [1.54, 1.807) is 0 Å². The van der Waals surface area contributed by atoms with E-state index in [2.05, 4.69) is 33.8 Å². The molecule has 106 valence electrons. The Hall–Kier alpha value is -1.35. The van der Waals surface area contributed by atoms with Gasteiger partial charge in [0, 0.05) is 5.56 Å². The summed E-state index contributed by atoms with van der Waals surface area (Å²) in [4.78, 5) is 12.5. The Morgan fingerprint density at radius 2 is 1.68 bits per heavy atom. The molecule has 1 atom stereocenters. The zero-order chi connectivity index (χ0) is 14.8. The van der Waals surface area contributed by atoms with Crippen molar-refractivity contribution in [2.75, 3.05) is 0 Å². The smallest absolute Gasteiger partial charge is 0.268 e. The van der Waals surface area contributed by atoms with Gasteiger partial charge in [-0.2, -0.15) is 0 Å². The summed E-state index contributed by atoms with van der Waals surface area (Å²) < 4.78 is 0. The average Bonchev–Trinajstić information content (AvgIpc) is 2.25. The average molecular weight is 262 g/mol. The lowest BCUT2D eigenvalue weighted by atomic mass is 9.84. The maximum Gasteiger partial charge on any atom is 0.268 e. The number of rotatable bonds is 3. The van der Waals surface area contributed by atoms with Crippen LogP contribution in [-0.2, 0) is 0 Å². The van der Waals surface area contributed by atoms with Crippen LogP contribution >= 0.6 is 0 Å². The number of hydrogen-bond donors (Lipinski definition) is 1. The van der Waals surface area contributed by atoms with Gasteiger partial charge in [0.15, 0.2) is 0 Å². The lowest BCUT2D eigenvalue weighted by Gasteiger charge is -2.36. The van der Waals surface area contributed by atoms with Crippen molar-refractivity contribution in [3.8, 4) is 0 Å². The monoisotopic (exact) mass is 262 g/mol. The number of hydrogen-bond acceptors (Lipinski definition) is 2. The number of aryl methyl sites for hydroxylation is 2. The summed E-state index contributed by atoms with van der Waals surface area (Å²) >= 11 is 0. The molecule has 19 heavy (non-hydrogen) atoms. The van der Waals surface area contributed by atoms with Gasteiger partial charge in [-0.15, -0.1) is 0 Å². The molecule has 0 fully saturated rings. The molecule has 0 saturated carbocycles. The molecule has 0 aliphatic rings. The molecule has 0 spiro atoms. The molecule has 1 aromatic rings. The molecule has 0 heterocycles. The summed E-state index contributed by atoms with van der Waals surface area (Å²) in [6.07, 6.45) is 0.844. The van der Waals surface area contributed by atoms with Gasteiger partial charge in [0.1, 0.15) is 0 Å². The van der Waals surface area contributed by atoms with Crippen LogP contribution in [0.4, 0.5) is 0 Å². The van der Waals surface area contributed by atoms with Crippen molar-refractivity contribution in [2.45, 2.75) is 54.0 Å². The van der Waals surface area contributed by atoms with Crippen LogP contribution in [0.3, 0.4) is 0 Å². The molecule has 3 heteroatoms. The van der Waals surface area contributed by atoms with E-state index < -0.39 is 0 Å². The first-order valence-electron chi connectivity index (χ1n) is 6.83. The Kier molecular flexibility index (Phi) is 4.75. The van der Waals surface area contributed by atoms with Crippen LogP contribution in [0.1, 0.15) is 55.6 Å². The summed E-state index contributed by atoms with van der Waals surface area (Å²) in [6.45, 7) is 12.4. The van der Waals surface area contributed by atoms with Crippen LogP contribution in [0.25, 0.3) is 0 Å². The second-order valence-electron chi connectivity index (χ2n) is 6.38. The van der Waals surface area contributed by atoms with Crippen LogP contribution in [0.2, 0.25) is 0 Å². The van der Waals surface area contributed by atoms with E-state index in [1.807, 2.05) is 26.0 Å². The largest absolute Gasteiger partial charge is 0.273 e. The highest BCUT2D eigenvalue weighted by atomic mass is 16.2. The number of amides is 1. The van der Waals surface area contributed by atoms with Crippen molar-refractivity contribution >= 4 is 5.91 Å². The van der Waals surface area contributed by atoms with Gasteiger partial charge < -0.3 is 0 Å². The van der Waals surface area contributed by atoms with Gasteiger partial charge in [-0.25, -0.2) is 5.84 Å². The molecule has 0 bridgehead atoms. The minimum atomic E-state index is -0.103. The van der Waals surface area contributed by atoms with E-state index in [9.17, 15) is 4.79 Å². The number of nitrogens with zero attached hydrogens (tertiary/aromatic N) is 1. The Balaban J connectivity index is 3.05. The first-order valence-corrected chi connectivity index (χ1v) is 6.83. The van der Waals surface area contributed by atoms with Gasteiger partial charge in [0.25, 0.3) is 5.91 Å². The molecule has 0 aliphatic carbocycles. The molecule has 3 nitrogen and oxygen atoms in total. The predicted molar refractivity (Wildman–Crippen MR) is 79.8 cm³/mol. The van der Waals surface area contributed by atoms with E-state index in [1.165, 1.54) is 5.01 Å². The van der Waals surface area contributed by atoms with Crippen LogP contribution in [-0.4, -0.2) is 17.0 Å². The third-order valence-electron chi connectivity index (χ3n) is 3.43. The summed E-state index contributed by atoms with van der Waals surface area (Å²) in [6, 6.07) is 5.87.